The Balaban J connectivity index is -0.0000000221. The zero-order chi connectivity index (χ0) is 8.08. The Labute approximate surface area is 133 Å². The van der Waals surface area contributed by atoms with Crippen molar-refractivity contribution in [2.45, 2.75) is 0 Å². The molecule has 0 aromatic rings. The molecule has 0 atom stereocenters. The van der Waals surface area contributed by atoms with E-state index in [4.69, 9.17) is 31.6 Å². The first-order valence-electron chi connectivity index (χ1n) is 1.35. The van der Waals surface area contributed by atoms with E-state index < -0.39 is 19.6 Å². The molecule has 4 N–H and O–H groups in total. The summed E-state index contributed by atoms with van der Waals surface area (Å²) in [6.45, 7) is 0. The van der Waals surface area contributed by atoms with Gasteiger partial charge < -0.3 is 9.59 Å². The van der Waals surface area contributed by atoms with Gasteiger partial charge in [0.25, 0.3) is 0 Å². The average Bonchev–Trinajstić information content (AvgIpc) is 1.19. The molecule has 0 aromatic carbocycles. The van der Waals surface area contributed by atoms with E-state index >= 15 is 0 Å². The first-order chi connectivity index (χ1) is 3.73. The third-order valence-corrected chi connectivity index (χ3v) is 0. The monoisotopic (exact) mass is 272 g/mol. The van der Waals surface area contributed by atoms with E-state index in [2.05, 4.69) is 0 Å². The predicted octanol–water partition coefficient (Wildman–Crippen LogP) is -5.01. The number of hydrogen-bond donors (Lipinski definition) is 4. The van der Waals surface area contributed by atoms with Crippen molar-refractivity contribution in [1.29, 1.82) is 0 Å². The molecule has 0 aliphatic rings. The summed E-state index contributed by atoms with van der Waals surface area (Å²) in [4.78, 5) is 14.3. The Kier molecular flexibility index (Phi) is 38.4. The van der Waals surface area contributed by atoms with Crippen LogP contribution >= 0.6 is 0 Å². The molecule has 0 saturated carbocycles. The summed E-state index contributed by atoms with van der Waals surface area (Å²) in [6.07, 6.45) is 0. The summed E-state index contributed by atoms with van der Waals surface area (Å²) < 4.78 is 40.3. The fourth-order valence-electron chi connectivity index (χ4n) is 0. The quantitative estimate of drug-likeness (QED) is 0.256. The molecule has 68 valence electrons. The second-order valence-corrected chi connectivity index (χ2v) is 2.19. The standard InChI is InChI=1S/Al.Ca.Na.H2O4S.H2O3Si.6H/c;;;1-5(2,3)4;1-4(2)3;;;;;;/h;;;(H2,1,2,3,4);1-2H;;;;;;. The third-order valence-electron chi connectivity index (χ3n) is 0. The summed E-state index contributed by atoms with van der Waals surface area (Å²) in [5.41, 5.74) is 0. The normalized spacial score (nSPS) is 6.83. The van der Waals surface area contributed by atoms with Crippen LogP contribution in [0.4, 0.5) is 0 Å². The van der Waals surface area contributed by atoms with Gasteiger partial charge in [0.05, 0.1) is 0 Å². The van der Waals surface area contributed by atoms with E-state index in [0.29, 0.717) is 0 Å². The third kappa shape index (κ3) is 301. The number of hydrogen-bond acceptors (Lipinski definition) is 3. The van der Waals surface area contributed by atoms with Gasteiger partial charge in [-0.3, -0.25) is 13.6 Å². The minimum atomic E-state index is -4.67. The van der Waals surface area contributed by atoms with E-state index in [-0.39, 0.29) is 84.7 Å². The Morgan fingerprint density at radius 3 is 1.08 bits per heavy atom. The van der Waals surface area contributed by atoms with Crippen molar-refractivity contribution in [2.24, 2.45) is 0 Å². The van der Waals surface area contributed by atoms with Crippen LogP contribution in [0.25, 0.3) is 0 Å². The van der Waals surface area contributed by atoms with Crippen LogP contribution < -0.4 is 0 Å². The van der Waals surface area contributed by atoms with Gasteiger partial charge in [-0.1, -0.05) is 0 Å². The second kappa shape index (κ2) is 15.7. The summed E-state index contributed by atoms with van der Waals surface area (Å²) in [5.74, 6) is 0. The maximum absolute atomic E-state index is 8.74. The predicted molar refractivity (Wildman–Crippen MR) is 50.7 cm³/mol. The summed E-state index contributed by atoms with van der Waals surface area (Å²) in [6, 6.07) is 0. The fraction of sp³-hybridized carbons (Fsp3) is 0. The molecule has 0 spiro atoms. The molecule has 0 heterocycles. The molecule has 0 aromatic heterocycles. The van der Waals surface area contributed by atoms with Crippen LogP contribution in [0.3, 0.4) is 0 Å². The molecule has 12 heavy (non-hydrogen) atoms. The minimum absolute atomic E-state index is 0. The Hall–Kier alpha value is 2.28. The maximum atomic E-state index is 8.74. The molecular weight excluding hydrogens is 262 g/mol. The van der Waals surface area contributed by atoms with E-state index in [1.165, 1.54) is 0 Å². The fourth-order valence-corrected chi connectivity index (χ4v) is 0. The van der Waals surface area contributed by atoms with Gasteiger partial charge in [-0.2, -0.15) is 8.42 Å². The van der Waals surface area contributed by atoms with Crippen LogP contribution in [-0.2, 0) is 14.9 Å². The van der Waals surface area contributed by atoms with Crippen molar-refractivity contribution >= 4 is 104 Å². The Morgan fingerprint density at radius 2 is 1.08 bits per heavy atom. The van der Waals surface area contributed by atoms with Gasteiger partial charge in [0.2, 0.25) is 0 Å². The summed E-state index contributed by atoms with van der Waals surface area (Å²) in [5, 5.41) is 0. The molecule has 0 aliphatic carbocycles. The average molecular weight is 272 g/mol. The molecule has 7 nitrogen and oxygen atoms in total. The first kappa shape index (κ1) is 29.2. The van der Waals surface area contributed by atoms with Gasteiger partial charge in [0, 0.05) is 0 Å². The Morgan fingerprint density at radius 1 is 1.08 bits per heavy atom. The summed E-state index contributed by atoms with van der Waals surface area (Å²) >= 11 is 0. The molecule has 0 radical (unpaired) electrons. The van der Waals surface area contributed by atoms with Gasteiger partial charge in [0.1, 0.15) is 0 Å². The molecule has 0 rings (SSSR count). The van der Waals surface area contributed by atoms with Gasteiger partial charge in [-0.25, -0.2) is 0 Å². The van der Waals surface area contributed by atoms with E-state index in [1.807, 2.05) is 0 Å². The van der Waals surface area contributed by atoms with Crippen LogP contribution in [0, 0.1) is 0 Å². The SMILES string of the molecule is O=S(=O)(O)O.O=[Si](O)O.[AlH3].[CaH2].[NaH]. The first-order valence-corrected chi connectivity index (χ1v) is 4.05. The topological polar surface area (TPSA) is 132 Å². The molecule has 0 unspecified atom stereocenters. The molecule has 12 heteroatoms. The van der Waals surface area contributed by atoms with Crippen molar-refractivity contribution in [3.63, 3.8) is 0 Å². The van der Waals surface area contributed by atoms with Crippen LogP contribution in [0.1, 0.15) is 0 Å². The summed E-state index contributed by atoms with van der Waals surface area (Å²) in [7, 11) is -7.80. The Bertz CT molecular complexity index is 166. The van der Waals surface area contributed by atoms with Crippen molar-refractivity contribution in [2.75, 3.05) is 0 Å². The zero-order valence-corrected chi connectivity index (χ0v) is 5.74. The van der Waals surface area contributed by atoms with Crippen LogP contribution in [-0.4, -0.2) is 121 Å². The van der Waals surface area contributed by atoms with Crippen molar-refractivity contribution in [3.8, 4) is 0 Å². The second-order valence-electron chi connectivity index (χ2n) is 0.730. The van der Waals surface area contributed by atoms with Crippen LogP contribution in [0.5, 0.6) is 0 Å². The van der Waals surface area contributed by atoms with Gasteiger partial charge in [-0.05, 0) is 0 Å². The van der Waals surface area contributed by atoms with Gasteiger partial charge in [0.15, 0.2) is 17.4 Å². The van der Waals surface area contributed by atoms with Crippen LogP contribution in [0.2, 0.25) is 0 Å². The molecule has 0 aliphatic heterocycles. The number of rotatable bonds is 0. The van der Waals surface area contributed by atoms with E-state index in [0.717, 1.165) is 0 Å². The van der Waals surface area contributed by atoms with E-state index in [1.54, 1.807) is 0 Å². The molecule has 0 fully saturated rings. The van der Waals surface area contributed by atoms with E-state index in [9.17, 15) is 0 Å². The molecular formula is H10AlCaNaO7SSi. The van der Waals surface area contributed by atoms with Crippen molar-refractivity contribution in [1.82, 2.24) is 0 Å². The van der Waals surface area contributed by atoms with Crippen molar-refractivity contribution in [3.05, 3.63) is 0 Å². The molecule has 0 saturated heterocycles. The van der Waals surface area contributed by atoms with Crippen molar-refractivity contribution < 1.29 is 31.6 Å². The van der Waals surface area contributed by atoms with Crippen LogP contribution in [0.15, 0.2) is 0 Å². The van der Waals surface area contributed by atoms with Gasteiger partial charge in [-0.15, -0.1) is 0 Å². The molecule has 0 bridgehead atoms. The van der Waals surface area contributed by atoms with Gasteiger partial charge >= 0.3 is 86.9 Å². The zero-order valence-electron chi connectivity index (χ0n) is 3.92. The molecule has 0 amide bonds.